The minimum Gasteiger partial charge on any atom is -0.262 e. The van der Waals surface area contributed by atoms with Crippen molar-refractivity contribution in [2.45, 2.75) is 4.90 Å². The Hall–Kier alpha value is -1.36. The lowest BCUT2D eigenvalue weighted by atomic mass is 10.4. The Morgan fingerprint density at radius 3 is 2.23 bits per heavy atom. The fourth-order valence-electron chi connectivity index (χ4n) is 0.800. The van der Waals surface area contributed by atoms with Gasteiger partial charge in [0.05, 0.1) is 4.90 Å². The number of hydrogen-bond acceptors (Lipinski definition) is 3. The maximum absolute atomic E-state index is 11.4. The lowest BCUT2D eigenvalue weighted by Gasteiger charge is -2.09. The summed E-state index contributed by atoms with van der Waals surface area (Å²) in [4.78, 5) is 10.2. The van der Waals surface area contributed by atoms with Crippen LogP contribution in [0.5, 0.6) is 0 Å². The first-order chi connectivity index (χ1) is 6.09. The second kappa shape index (κ2) is 3.57. The Kier molecular flexibility index (Phi) is 2.67. The molecule has 1 radical (unpaired) electrons. The largest absolute Gasteiger partial charge is 0.326 e. The number of sulfonamides is 1. The van der Waals surface area contributed by atoms with E-state index in [2.05, 4.69) is 0 Å². The highest BCUT2D eigenvalue weighted by atomic mass is 32.2. The van der Waals surface area contributed by atoms with Crippen molar-refractivity contribution in [3.05, 3.63) is 30.3 Å². The standard InChI is InChI=1S/C8H8NO3S/c1-9(7-10)13(11,12)8-5-3-2-4-6-8/h2-6H,1H3. The van der Waals surface area contributed by atoms with Crippen molar-refractivity contribution in [3.8, 4) is 0 Å². The average Bonchev–Trinajstić information content (AvgIpc) is 2.18. The van der Waals surface area contributed by atoms with Crippen LogP contribution >= 0.6 is 0 Å². The predicted molar refractivity (Wildman–Crippen MR) is 47.1 cm³/mol. The molecule has 69 valence electrons. The van der Waals surface area contributed by atoms with Crippen molar-refractivity contribution in [2.75, 3.05) is 7.05 Å². The molecule has 0 aliphatic carbocycles. The number of rotatable bonds is 3. The van der Waals surface area contributed by atoms with Crippen molar-refractivity contribution >= 4 is 16.4 Å². The zero-order valence-electron chi connectivity index (χ0n) is 6.97. The SMILES string of the molecule is CN([C]=O)S(=O)(=O)c1ccccc1. The third-order valence-corrected chi connectivity index (χ3v) is 3.19. The smallest absolute Gasteiger partial charge is 0.262 e. The highest BCUT2D eigenvalue weighted by Gasteiger charge is 2.18. The van der Waals surface area contributed by atoms with E-state index in [1.54, 1.807) is 18.2 Å². The van der Waals surface area contributed by atoms with E-state index >= 15 is 0 Å². The molecular formula is C8H8NO3S. The molecule has 0 atom stereocenters. The first kappa shape index (κ1) is 9.73. The fraction of sp³-hybridized carbons (Fsp3) is 0.125. The van der Waals surface area contributed by atoms with Gasteiger partial charge in [0, 0.05) is 7.05 Å². The van der Waals surface area contributed by atoms with Crippen LogP contribution < -0.4 is 0 Å². The summed E-state index contributed by atoms with van der Waals surface area (Å²) in [6.45, 7) is 0. The summed E-state index contributed by atoms with van der Waals surface area (Å²) in [6.07, 6.45) is 1.30. The van der Waals surface area contributed by atoms with Gasteiger partial charge in [0.25, 0.3) is 10.0 Å². The van der Waals surface area contributed by atoms with Gasteiger partial charge in [0.15, 0.2) is 0 Å². The lowest BCUT2D eigenvalue weighted by Crippen LogP contribution is -2.25. The van der Waals surface area contributed by atoms with Crippen LogP contribution in [0.4, 0.5) is 0 Å². The average molecular weight is 198 g/mol. The molecule has 0 bridgehead atoms. The van der Waals surface area contributed by atoms with Crippen molar-refractivity contribution in [3.63, 3.8) is 0 Å². The summed E-state index contributed by atoms with van der Waals surface area (Å²) >= 11 is 0. The Morgan fingerprint density at radius 2 is 1.77 bits per heavy atom. The Morgan fingerprint density at radius 1 is 1.23 bits per heavy atom. The van der Waals surface area contributed by atoms with Crippen molar-refractivity contribution in [2.24, 2.45) is 0 Å². The number of nitrogens with zero attached hydrogens (tertiary/aromatic N) is 1. The topological polar surface area (TPSA) is 54.5 Å². The summed E-state index contributed by atoms with van der Waals surface area (Å²) in [5.41, 5.74) is 0. The molecule has 1 rings (SSSR count). The Bertz CT molecular complexity index is 385. The van der Waals surface area contributed by atoms with E-state index in [9.17, 15) is 13.2 Å². The van der Waals surface area contributed by atoms with Gasteiger partial charge < -0.3 is 0 Å². The second-order valence-corrected chi connectivity index (χ2v) is 4.35. The van der Waals surface area contributed by atoms with E-state index in [0.717, 1.165) is 7.05 Å². The van der Waals surface area contributed by atoms with Crippen LogP contribution in [0.25, 0.3) is 0 Å². The van der Waals surface area contributed by atoms with Crippen molar-refractivity contribution in [1.82, 2.24) is 4.31 Å². The zero-order chi connectivity index (χ0) is 9.90. The fourth-order valence-corrected chi connectivity index (χ4v) is 1.72. The first-order valence-corrected chi connectivity index (χ1v) is 4.95. The molecule has 0 fully saturated rings. The third kappa shape index (κ3) is 1.86. The highest BCUT2D eigenvalue weighted by molar-refractivity contribution is 7.89. The van der Waals surface area contributed by atoms with Crippen LogP contribution in [0.2, 0.25) is 0 Å². The molecule has 1 aromatic carbocycles. The number of carbonyl (C=O) groups excluding carboxylic acids is 1. The number of benzene rings is 1. The van der Waals surface area contributed by atoms with E-state index in [4.69, 9.17) is 0 Å². The van der Waals surface area contributed by atoms with E-state index in [0.29, 0.717) is 4.31 Å². The van der Waals surface area contributed by atoms with Crippen LogP contribution in [-0.2, 0) is 14.8 Å². The predicted octanol–water partition coefficient (Wildman–Crippen LogP) is 0.374. The van der Waals surface area contributed by atoms with Gasteiger partial charge in [-0.1, -0.05) is 18.2 Å². The normalized spacial score (nSPS) is 10.8. The van der Waals surface area contributed by atoms with Crippen LogP contribution in [0, 0.1) is 0 Å². The summed E-state index contributed by atoms with van der Waals surface area (Å²) < 4.78 is 23.4. The molecule has 13 heavy (non-hydrogen) atoms. The molecule has 0 N–H and O–H groups in total. The van der Waals surface area contributed by atoms with Gasteiger partial charge in [-0.15, -0.1) is 0 Å². The highest BCUT2D eigenvalue weighted by Crippen LogP contribution is 2.11. The minimum atomic E-state index is -3.68. The molecule has 1 aromatic rings. The van der Waals surface area contributed by atoms with E-state index in [1.807, 2.05) is 0 Å². The van der Waals surface area contributed by atoms with Crippen LogP contribution in [0.15, 0.2) is 35.2 Å². The monoisotopic (exact) mass is 198 g/mol. The summed E-state index contributed by atoms with van der Waals surface area (Å²) in [7, 11) is -2.53. The number of amides is 1. The van der Waals surface area contributed by atoms with Crippen LogP contribution in [-0.4, -0.2) is 26.2 Å². The van der Waals surface area contributed by atoms with Gasteiger partial charge in [-0.25, -0.2) is 12.7 Å². The molecule has 0 aromatic heterocycles. The van der Waals surface area contributed by atoms with E-state index < -0.39 is 10.0 Å². The van der Waals surface area contributed by atoms with Gasteiger partial charge in [0.1, 0.15) is 0 Å². The quantitative estimate of drug-likeness (QED) is 0.659. The van der Waals surface area contributed by atoms with Gasteiger partial charge in [0.2, 0.25) is 0 Å². The van der Waals surface area contributed by atoms with Gasteiger partial charge in [-0.3, -0.25) is 4.79 Å². The second-order valence-electron chi connectivity index (χ2n) is 2.38. The molecule has 0 aliphatic rings. The third-order valence-electron chi connectivity index (χ3n) is 1.53. The number of hydrogen-bond donors (Lipinski definition) is 0. The molecule has 0 saturated heterocycles. The lowest BCUT2D eigenvalue weighted by molar-refractivity contribution is 0.498. The van der Waals surface area contributed by atoms with Gasteiger partial charge in [-0.05, 0) is 12.1 Å². The molecule has 0 aliphatic heterocycles. The maximum Gasteiger partial charge on any atom is 0.326 e. The maximum atomic E-state index is 11.4. The molecule has 1 amide bonds. The van der Waals surface area contributed by atoms with E-state index in [1.165, 1.54) is 18.5 Å². The molecular weight excluding hydrogens is 190 g/mol. The van der Waals surface area contributed by atoms with Crippen molar-refractivity contribution in [1.29, 1.82) is 0 Å². The van der Waals surface area contributed by atoms with E-state index in [-0.39, 0.29) is 4.90 Å². The van der Waals surface area contributed by atoms with Gasteiger partial charge in [-0.2, -0.15) is 0 Å². The Balaban J connectivity index is 3.16. The summed E-state index contributed by atoms with van der Waals surface area (Å²) in [5.74, 6) is 0. The van der Waals surface area contributed by atoms with Gasteiger partial charge >= 0.3 is 6.41 Å². The van der Waals surface area contributed by atoms with Crippen molar-refractivity contribution < 1.29 is 13.2 Å². The molecule has 4 nitrogen and oxygen atoms in total. The molecule has 0 spiro atoms. The molecule has 0 unspecified atom stereocenters. The summed E-state index contributed by atoms with van der Waals surface area (Å²) in [6, 6.07) is 7.72. The van der Waals surface area contributed by atoms with Crippen LogP contribution in [0.1, 0.15) is 0 Å². The molecule has 5 heteroatoms. The molecule has 0 heterocycles. The first-order valence-electron chi connectivity index (χ1n) is 3.51. The summed E-state index contributed by atoms with van der Waals surface area (Å²) in [5, 5.41) is 0. The van der Waals surface area contributed by atoms with Crippen LogP contribution in [0.3, 0.4) is 0 Å². The minimum absolute atomic E-state index is 0.0841. The Labute approximate surface area is 76.8 Å². The molecule has 0 saturated carbocycles. The zero-order valence-corrected chi connectivity index (χ0v) is 7.78.